The minimum atomic E-state index is -0.813. The Kier molecular flexibility index (Phi) is 4.38. The average Bonchev–Trinajstić information content (AvgIpc) is 2.43. The van der Waals surface area contributed by atoms with Crippen LogP contribution < -0.4 is 5.73 Å². The van der Waals surface area contributed by atoms with Gasteiger partial charge in [0.05, 0.1) is 0 Å². The average molecular weight is 282 g/mol. The van der Waals surface area contributed by atoms with E-state index in [1.165, 1.54) is 17.9 Å². The molecule has 0 saturated carbocycles. The van der Waals surface area contributed by atoms with Gasteiger partial charge in [0, 0.05) is 19.1 Å². The minimum absolute atomic E-state index is 0.157. The first-order valence-electron chi connectivity index (χ1n) is 6.93. The summed E-state index contributed by atoms with van der Waals surface area (Å²) in [5.74, 6) is -1.93. The highest BCUT2D eigenvalue weighted by Gasteiger charge is 2.33. The first kappa shape index (κ1) is 14.9. The Morgan fingerprint density at radius 2 is 2.15 bits per heavy atom. The number of nitrogens with two attached hydrogens (primary N) is 1. The number of benzene rings is 1. The summed E-state index contributed by atoms with van der Waals surface area (Å²) in [6, 6.07) is 2.31. The van der Waals surface area contributed by atoms with Gasteiger partial charge in [0.2, 0.25) is 0 Å². The van der Waals surface area contributed by atoms with Crippen LogP contribution in [-0.2, 0) is 0 Å². The summed E-state index contributed by atoms with van der Waals surface area (Å²) < 4.78 is 27.9. The molecule has 2 N–H and O–H groups in total. The normalized spacial score (nSPS) is 22.9. The van der Waals surface area contributed by atoms with Crippen LogP contribution in [0.5, 0.6) is 0 Å². The third-order valence-corrected chi connectivity index (χ3v) is 4.12. The minimum Gasteiger partial charge on any atom is -0.334 e. The second kappa shape index (κ2) is 5.87. The van der Waals surface area contributed by atoms with E-state index in [1.807, 2.05) is 6.92 Å². The molecule has 1 aromatic carbocycles. The van der Waals surface area contributed by atoms with Crippen molar-refractivity contribution in [2.75, 3.05) is 13.1 Å². The van der Waals surface area contributed by atoms with Gasteiger partial charge in [-0.25, -0.2) is 8.78 Å². The van der Waals surface area contributed by atoms with Crippen LogP contribution in [0, 0.1) is 24.5 Å². The van der Waals surface area contributed by atoms with Crippen LogP contribution in [0.3, 0.4) is 0 Å². The maximum absolute atomic E-state index is 14.1. The van der Waals surface area contributed by atoms with Crippen molar-refractivity contribution >= 4 is 5.91 Å². The lowest BCUT2D eigenvalue weighted by molar-refractivity contribution is 0.0522. The van der Waals surface area contributed by atoms with Gasteiger partial charge in [0.15, 0.2) is 0 Å². The molecule has 20 heavy (non-hydrogen) atoms. The molecule has 0 aliphatic carbocycles. The zero-order valence-electron chi connectivity index (χ0n) is 11.8. The Bertz CT molecular complexity index is 519. The number of carbonyl (C=O) groups excluding carboxylic acids is 1. The molecule has 3 nitrogen and oxygen atoms in total. The van der Waals surface area contributed by atoms with Crippen LogP contribution in [-0.4, -0.2) is 29.9 Å². The molecule has 5 heteroatoms. The van der Waals surface area contributed by atoms with Gasteiger partial charge in [-0.2, -0.15) is 0 Å². The zero-order chi connectivity index (χ0) is 14.9. The van der Waals surface area contributed by atoms with Gasteiger partial charge in [-0.05, 0) is 37.3 Å². The number of aryl methyl sites for hydroxylation is 1. The molecule has 1 aliphatic rings. The molecule has 0 bridgehead atoms. The summed E-state index contributed by atoms with van der Waals surface area (Å²) in [5, 5.41) is 0. The van der Waals surface area contributed by atoms with Gasteiger partial charge in [-0.3, -0.25) is 4.79 Å². The number of rotatable bonds is 2. The number of amides is 1. The highest BCUT2D eigenvalue weighted by atomic mass is 19.1. The summed E-state index contributed by atoms with van der Waals surface area (Å²) in [6.07, 6.45) is 1.81. The Labute approximate surface area is 117 Å². The van der Waals surface area contributed by atoms with Crippen molar-refractivity contribution in [1.29, 1.82) is 0 Å². The summed E-state index contributed by atoms with van der Waals surface area (Å²) in [4.78, 5) is 14.0. The molecule has 1 heterocycles. The fourth-order valence-electron chi connectivity index (χ4n) is 2.86. The first-order chi connectivity index (χ1) is 9.47. The van der Waals surface area contributed by atoms with Crippen molar-refractivity contribution < 1.29 is 13.6 Å². The van der Waals surface area contributed by atoms with Gasteiger partial charge >= 0.3 is 0 Å². The SMILES string of the molecule is Cc1ccc(F)c(C(=O)N2CCCC(C)C2CN)c1F. The molecule has 0 aromatic heterocycles. The molecule has 0 spiro atoms. The number of likely N-dealkylation sites (tertiary alicyclic amines) is 1. The van der Waals surface area contributed by atoms with Crippen LogP contribution in [0.1, 0.15) is 35.7 Å². The number of halogens is 2. The molecule has 2 atom stereocenters. The Morgan fingerprint density at radius 3 is 2.80 bits per heavy atom. The van der Waals surface area contributed by atoms with Gasteiger partial charge < -0.3 is 10.6 Å². The van der Waals surface area contributed by atoms with Crippen molar-refractivity contribution in [2.45, 2.75) is 32.7 Å². The lowest BCUT2D eigenvalue weighted by atomic mass is 9.90. The highest BCUT2D eigenvalue weighted by Crippen LogP contribution is 2.26. The molecular weight excluding hydrogens is 262 g/mol. The largest absolute Gasteiger partial charge is 0.334 e. The lowest BCUT2D eigenvalue weighted by Crippen LogP contribution is -2.51. The van der Waals surface area contributed by atoms with E-state index in [2.05, 4.69) is 0 Å². The summed E-state index contributed by atoms with van der Waals surface area (Å²) in [7, 11) is 0. The second-order valence-corrected chi connectivity index (χ2v) is 5.47. The van der Waals surface area contributed by atoms with E-state index in [-0.39, 0.29) is 17.5 Å². The second-order valence-electron chi connectivity index (χ2n) is 5.47. The number of carbonyl (C=O) groups is 1. The number of nitrogens with zero attached hydrogens (tertiary/aromatic N) is 1. The molecule has 1 amide bonds. The molecular formula is C15H20F2N2O. The third-order valence-electron chi connectivity index (χ3n) is 4.12. The van der Waals surface area contributed by atoms with Crippen LogP contribution in [0.25, 0.3) is 0 Å². The van der Waals surface area contributed by atoms with Crippen molar-refractivity contribution in [3.8, 4) is 0 Å². The molecule has 110 valence electrons. The van der Waals surface area contributed by atoms with Crippen molar-refractivity contribution in [1.82, 2.24) is 4.90 Å². The molecule has 2 unspecified atom stereocenters. The molecule has 1 fully saturated rings. The highest BCUT2D eigenvalue weighted by molar-refractivity contribution is 5.95. The van der Waals surface area contributed by atoms with Crippen LogP contribution in [0.4, 0.5) is 8.78 Å². The third kappa shape index (κ3) is 2.54. The van der Waals surface area contributed by atoms with E-state index in [1.54, 1.807) is 0 Å². The maximum atomic E-state index is 14.1. The van der Waals surface area contributed by atoms with Crippen LogP contribution in [0.15, 0.2) is 12.1 Å². The van der Waals surface area contributed by atoms with E-state index in [0.29, 0.717) is 13.1 Å². The number of hydrogen-bond acceptors (Lipinski definition) is 2. The van der Waals surface area contributed by atoms with Gasteiger partial charge in [0.1, 0.15) is 17.2 Å². The fourth-order valence-corrected chi connectivity index (χ4v) is 2.86. The maximum Gasteiger partial charge on any atom is 0.260 e. The number of hydrogen-bond donors (Lipinski definition) is 1. The zero-order valence-corrected chi connectivity index (χ0v) is 11.8. The van der Waals surface area contributed by atoms with E-state index in [9.17, 15) is 13.6 Å². The van der Waals surface area contributed by atoms with Crippen molar-refractivity contribution in [2.24, 2.45) is 11.7 Å². The Hall–Kier alpha value is -1.49. The lowest BCUT2D eigenvalue weighted by Gasteiger charge is -2.39. The van der Waals surface area contributed by atoms with E-state index in [0.717, 1.165) is 18.9 Å². The first-order valence-corrected chi connectivity index (χ1v) is 6.93. The van der Waals surface area contributed by atoms with Gasteiger partial charge in [0.25, 0.3) is 5.91 Å². The molecule has 1 aromatic rings. The fraction of sp³-hybridized carbons (Fsp3) is 0.533. The Balaban J connectivity index is 2.38. The predicted molar refractivity (Wildman–Crippen MR) is 73.4 cm³/mol. The summed E-state index contributed by atoms with van der Waals surface area (Å²) in [6.45, 7) is 4.34. The van der Waals surface area contributed by atoms with Gasteiger partial charge in [-0.15, -0.1) is 0 Å². The topological polar surface area (TPSA) is 46.3 Å². The van der Waals surface area contributed by atoms with Crippen LogP contribution in [0.2, 0.25) is 0 Å². The Morgan fingerprint density at radius 1 is 1.45 bits per heavy atom. The van der Waals surface area contributed by atoms with E-state index in [4.69, 9.17) is 5.73 Å². The van der Waals surface area contributed by atoms with Crippen molar-refractivity contribution in [3.63, 3.8) is 0 Å². The smallest absolute Gasteiger partial charge is 0.260 e. The van der Waals surface area contributed by atoms with E-state index >= 15 is 0 Å². The summed E-state index contributed by atoms with van der Waals surface area (Å²) >= 11 is 0. The van der Waals surface area contributed by atoms with E-state index < -0.39 is 23.1 Å². The molecule has 1 saturated heterocycles. The molecule has 1 aliphatic heterocycles. The monoisotopic (exact) mass is 282 g/mol. The molecule has 0 radical (unpaired) electrons. The quantitative estimate of drug-likeness (QED) is 0.905. The van der Waals surface area contributed by atoms with Gasteiger partial charge in [-0.1, -0.05) is 13.0 Å². The van der Waals surface area contributed by atoms with Crippen molar-refractivity contribution in [3.05, 3.63) is 34.9 Å². The summed E-state index contributed by atoms with van der Waals surface area (Å²) in [5.41, 5.74) is 5.53. The standard InChI is InChI=1S/C15H20F2N2O/c1-9-4-3-7-19(12(9)8-18)15(20)13-11(16)6-5-10(2)14(13)17/h5-6,9,12H,3-4,7-8,18H2,1-2H3. The molecule has 2 rings (SSSR count). The number of piperidine rings is 1. The predicted octanol–water partition coefficient (Wildman–Crippen LogP) is 2.47. The van der Waals surface area contributed by atoms with Crippen LogP contribution >= 0.6 is 0 Å².